The van der Waals surface area contributed by atoms with E-state index in [1.807, 2.05) is 12.1 Å². The molecular formula is C12H11ClN2S. The Morgan fingerprint density at radius 3 is 2.88 bits per heavy atom. The summed E-state index contributed by atoms with van der Waals surface area (Å²) in [6.07, 6.45) is 0. The van der Waals surface area contributed by atoms with Crippen molar-refractivity contribution in [3.05, 3.63) is 40.3 Å². The van der Waals surface area contributed by atoms with Crippen molar-refractivity contribution >= 4 is 34.2 Å². The van der Waals surface area contributed by atoms with Gasteiger partial charge in [-0.15, -0.1) is 0 Å². The zero-order chi connectivity index (χ0) is 11.1. The summed E-state index contributed by atoms with van der Waals surface area (Å²) in [5.41, 5.74) is 2.45. The average molecular weight is 251 g/mol. The van der Waals surface area contributed by atoms with Gasteiger partial charge in [0.05, 0.1) is 11.7 Å². The van der Waals surface area contributed by atoms with Crippen LogP contribution >= 0.6 is 23.4 Å². The van der Waals surface area contributed by atoms with Gasteiger partial charge in [-0.3, -0.25) is 4.99 Å². The van der Waals surface area contributed by atoms with E-state index < -0.39 is 0 Å². The number of amidine groups is 1. The molecular weight excluding hydrogens is 240 g/mol. The second-order valence-corrected chi connectivity index (χ2v) is 5.27. The molecule has 0 unspecified atom stereocenters. The number of aliphatic imine (C=N–C) groups is 1. The van der Waals surface area contributed by atoms with Crippen molar-refractivity contribution in [3.8, 4) is 0 Å². The molecule has 2 aliphatic rings. The first-order valence-electron chi connectivity index (χ1n) is 5.22. The molecule has 2 heterocycles. The maximum atomic E-state index is 5.89. The zero-order valence-corrected chi connectivity index (χ0v) is 10.4. The lowest BCUT2D eigenvalue weighted by molar-refractivity contribution is 0.585. The van der Waals surface area contributed by atoms with E-state index in [0.29, 0.717) is 6.04 Å². The van der Waals surface area contributed by atoms with Crippen molar-refractivity contribution in [3.63, 3.8) is 0 Å². The first-order chi connectivity index (χ1) is 7.74. The Labute approximate surface area is 104 Å². The minimum atomic E-state index is 0.401. The summed E-state index contributed by atoms with van der Waals surface area (Å²) in [5.74, 6) is 0. The number of benzene rings is 1. The van der Waals surface area contributed by atoms with E-state index in [1.165, 1.54) is 11.3 Å². The van der Waals surface area contributed by atoms with Gasteiger partial charge >= 0.3 is 0 Å². The Kier molecular flexibility index (Phi) is 2.45. The summed E-state index contributed by atoms with van der Waals surface area (Å²) < 4.78 is 0. The van der Waals surface area contributed by atoms with Gasteiger partial charge in [-0.1, -0.05) is 35.5 Å². The molecule has 0 saturated carbocycles. The molecule has 1 aromatic rings. The molecule has 1 aromatic carbocycles. The third kappa shape index (κ3) is 1.64. The fraction of sp³-hybridized carbons (Fsp3) is 0.250. The van der Waals surface area contributed by atoms with Gasteiger partial charge in [-0.05, 0) is 24.6 Å². The molecule has 4 heteroatoms. The van der Waals surface area contributed by atoms with Gasteiger partial charge < -0.3 is 4.90 Å². The van der Waals surface area contributed by atoms with Crippen molar-refractivity contribution in [2.45, 2.75) is 13.0 Å². The summed E-state index contributed by atoms with van der Waals surface area (Å²) in [4.78, 5) is 6.85. The number of fused-ring (bicyclic) bond motifs is 1. The molecule has 0 amide bonds. The monoisotopic (exact) mass is 250 g/mol. The molecule has 0 aliphatic carbocycles. The molecule has 0 spiro atoms. The molecule has 0 aromatic heterocycles. The second kappa shape index (κ2) is 3.82. The number of hydrogen-bond donors (Lipinski definition) is 0. The smallest absolute Gasteiger partial charge is 0.168 e. The highest BCUT2D eigenvalue weighted by atomic mass is 35.5. The van der Waals surface area contributed by atoms with Gasteiger partial charge in [-0.25, -0.2) is 0 Å². The van der Waals surface area contributed by atoms with Gasteiger partial charge in [0.25, 0.3) is 0 Å². The molecule has 3 rings (SSSR count). The average Bonchev–Trinajstić information content (AvgIpc) is 2.78. The number of rotatable bonds is 1. The van der Waals surface area contributed by atoms with Crippen LogP contribution in [-0.2, 0) is 0 Å². The first kappa shape index (κ1) is 10.2. The van der Waals surface area contributed by atoms with Crippen LogP contribution in [0.4, 0.5) is 0 Å². The van der Waals surface area contributed by atoms with Gasteiger partial charge in [0.1, 0.15) is 0 Å². The Bertz CT molecular complexity index is 478. The number of thioether (sulfide) groups is 1. The standard InChI is InChI=1S/C12H11ClN2S/c1-8-6-15-11(7-16-12(15)14-8)9-2-4-10(13)5-3-9/h2-5,7-8H,6H2,1H3/t8-/m0/s1. The maximum Gasteiger partial charge on any atom is 0.168 e. The Morgan fingerprint density at radius 1 is 1.38 bits per heavy atom. The van der Waals surface area contributed by atoms with Crippen LogP contribution in [0, 0.1) is 0 Å². The highest BCUT2D eigenvalue weighted by Crippen LogP contribution is 2.36. The molecule has 0 saturated heterocycles. The minimum Gasteiger partial charge on any atom is -0.318 e. The lowest BCUT2D eigenvalue weighted by Gasteiger charge is -2.17. The molecule has 82 valence electrons. The van der Waals surface area contributed by atoms with E-state index in [2.05, 4.69) is 34.4 Å². The Balaban J connectivity index is 1.92. The Morgan fingerprint density at radius 2 is 2.12 bits per heavy atom. The van der Waals surface area contributed by atoms with Crippen LogP contribution in [0.2, 0.25) is 5.02 Å². The molecule has 0 N–H and O–H groups in total. The van der Waals surface area contributed by atoms with Crippen LogP contribution in [0.5, 0.6) is 0 Å². The van der Waals surface area contributed by atoms with Crippen LogP contribution in [0.15, 0.2) is 34.7 Å². The summed E-state index contributed by atoms with van der Waals surface area (Å²) in [6.45, 7) is 3.13. The molecule has 16 heavy (non-hydrogen) atoms. The second-order valence-electron chi connectivity index (χ2n) is 4.00. The predicted molar refractivity (Wildman–Crippen MR) is 70.6 cm³/mol. The summed E-state index contributed by atoms with van der Waals surface area (Å²) in [7, 11) is 0. The van der Waals surface area contributed by atoms with Crippen molar-refractivity contribution < 1.29 is 0 Å². The fourth-order valence-electron chi connectivity index (χ4n) is 1.95. The van der Waals surface area contributed by atoms with Crippen LogP contribution in [0.1, 0.15) is 12.5 Å². The minimum absolute atomic E-state index is 0.401. The van der Waals surface area contributed by atoms with Gasteiger partial charge in [0.2, 0.25) is 0 Å². The van der Waals surface area contributed by atoms with Crippen molar-refractivity contribution in [2.75, 3.05) is 6.54 Å². The Hall–Kier alpha value is -0.930. The third-order valence-electron chi connectivity index (χ3n) is 2.72. The van der Waals surface area contributed by atoms with E-state index in [9.17, 15) is 0 Å². The largest absolute Gasteiger partial charge is 0.318 e. The summed E-state index contributed by atoms with van der Waals surface area (Å²) >= 11 is 7.60. The number of nitrogens with zero attached hydrogens (tertiary/aromatic N) is 2. The van der Waals surface area contributed by atoms with E-state index in [0.717, 1.165) is 16.7 Å². The van der Waals surface area contributed by atoms with E-state index >= 15 is 0 Å². The fourth-order valence-corrected chi connectivity index (χ4v) is 3.10. The third-order valence-corrected chi connectivity index (χ3v) is 3.84. The molecule has 2 aliphatic heterocycles. The number of hydrogen-bond acceptors (Lipinski definition) is 3. The van der Waals surface area contributed by atoms with Crippen molar-refractivity contribution in [1.82, 2.24) is 4.90 Å². The van der Waals surface area contributed by atoms with E-state index in [1.54, 1.807) is 11.8 Å². The van der Waals surface area contributed by atoms with E-state index in [-0.39, 0.29) is 0 Å². The lowest BCUT2D eigenvalue weighted by Crippen LogP contribution is -2.22. The molecule has 1 atom stereocenters. The summed E-state index contributed by atoms with van der Waals surface area (Å²) in [5, 5.41) is 4.06. The quantitative estimate of drug-likeness (QED) is 0.759. The van der Waals surface area contributed by atoms with E-state index in [4.69, 9.17) is 11.6 Å². The molecule has 0 bridgehead atoms. The molecule has 0 radical (unpaired) electrons. The highest BCUT2D eigenvalue weighted by molar-refractivity contribution is 8.16. The maximum absolute atomic E-state index is 5.89. The first-order valence-corrected chi connectivity index (χ1v) is 6.48. The molecule has 0 fully saturated rings. The van der Waals surface area contributed by atoms with Crippen LogP contribution in [0.25, 0.3) is 5.70 Å². The van der Waals surface area contributed by atoms with Crippen LogP contribution in [0.3, 0.4) is 0 Å². The normalized spacial score (nSPS) is 23.1. The zero-order valence-electron chi connectivity index (χ0n) is 8.85. The van der Waals surface area contributed by atoms with Gasteiger partial charge in [0.15, 0.2) is 5.17 Å². The van der Waals surface area contributed by atoms with Crippen LogP contribution < -0.4 is 0 Å². The van der Waals surface area contributed by atoms with Crippen molar-refractivity contribution in [1.29, 1.82) is 0 Å². The topological polar surface area (TPSA) is 15.6 Å². The van der Waals surface area contributed by atoms with Crippen molar-refractivity contribution in [2.24, 2.45) is 4.99 Å². The predicted octanol–water partition coefficient (Wildman–Crippen LogP) is 3.45. The number of halogens is 1. The molecule has 2 nitrogen and oxygen atoms in total. The summed E-state index contributed by atoms with van der Waals surface area (Å²) in [6, 6.07) is 8.37. The van der Waals surface area contributed by atoms with Crippen LogP contribution in [-0.4, -0.2) is 22.7 Å². The lowest BCUT2D eigenvalue weighted by atomic mass is 10.1. The van der Waals surface area contributed by atoms with Gasteiger partial charge in [-0.2, -0.15) is 0 Å². The van der Waals surface area contributed by atoms with Gasteiger partial charge in [0, 0.05) is 17.0 Å². The SMILES string of the molecule is C[C@H]1CN2C(c3ccc(Cl)cc3)=CSC2=N1. The highest BCUT2D eigenvalue weighted by Gasteiger charge is 2.30.